The third kappa shape index (κ3) is 8.45. The van der Waals surface area contributed by atoms with Crippen LogP contribution in [-0.4, -0.2) is 103 Å². The van der Waals surface area contributed by atoms with Crippen LogP contribution in [0.3, 0.4) is 0 Å². The minimum atomic E-state index is -1.13. The Hall–Kier alpha value is -6.18. The van der Waals surface area contributed by atoms with Crippen molar-refractivity contribution in [1.82, 2.24) is 40.0 Å². The maximum absolute atomic E-state index is 13.8. The molecule has 5 aromatic rings. The quantitative estimate of drug-likeness (QED) is 0.103. The largest absolute Gasteiger partial charge is 0.465 e. The summed E-state index contributed by atoms with van der Waals surface area (Å²) in [6.45, 7) is 12.9. The number of hydrogen-bond donors (Lipinski definition) is 4. The van der Waals surface area contributed by atoms with Crippen LogP contribution in [0.4, 0.5) is 9.59 Å². The van der Waals surface area contributed by atoms with Gasteiger partial charge in [-0.3, -0.25) is 14.5 Å². The van der Waals surface area contributed by atoms with E-state index in [1.807, 2.05) is 38.8 Å². The fourth-order valence-electron chi connectivity index (χ4n) is 8.90. The van der Waals surface area contributed by atoms with Gasteiger partial charge in [0.1, 0.15) is 23.7 Å². The molecule has 0 spiro atoms. The lowest BCUT2D eigenvalue weighted by Gasteiger charge is -2.33. The van der Waals surface area contributed by atoms with Crippen LogP contribution in [0.25, 0.3) is 44.4 Å². The van der Waals surface area contributed by atoms with Gasteiger partial charge in [-0.2, -0.15) is 0 Å². The van der Waals surface area contributed by atoms with Gasteiger partial charge in [-0.25, -0.2) is 19.6 Å². The van der Waals surface area contributed by atoms with E-state index in [-0.39, 0.29) is 47.6 Å². The Labute approximate surface area is 350 Å². The Morgan fingerprint density at radius 3 is 1.73 bits per heavy atom. The summed E-state index contributed by atoms with van der Waals surface area (Å²) in [6.07, 6.45) is 3.37. The molecule has 3 aromatic carbocycles. The highest BCUT2D eigenvalue weighted by molar-refractivity contribution is 5.91. The second kappa shape index (κ2) is 17.2. The number of carboxylic acid groups (broad SMARTS) is 1. The molecule has 0 bridgehead atoms. The SMILES string of the molecule is COC(=O)N[C@H](C(=O)N1C[C@@H](C)C[C@H]1c1ncc(-c2ccc3cc(-c4ccc(-c5cnc([C@@H]6C[C@H](C)CN6C(=O)[C@H](C(C)C)N(C)C(=O)O)[nH]5)cc4)ccc3c2)[nH]1)C(C)C. The lowest BCUT2D eigenvalue weighted by Crippen LogP contribution is -2.51. The smallest absolute Gasteiger partial charge is 0.407 e. The number of aromatic amines is 2. The average Bonchev–Trinajstić information content (AvgIpc) is 4.06. The molecule has 4 heterocycles. The van der Waals surface area contributed by atoms with Crippen LogP contribution in [-0.2, 0) is 14.3 Å². The van der Waals surface area contributed by atoms with E-state index in [9.17, 15) is 24.3 Å². The molecule has 4 N–H and O–H groups in total. The number of ether oxygens (including phenoxy) is 1. The second-order valence-electron chi connectivity index (χ2n) is 17.4. The second-order valence-corrected chi connectivity index (χ2v) is 17.4. The maximum Gasteiger partial charge on any atom is 0.407 e. The van der Waals surface area contributed by atoms with Crippen molar-refractivity contribution in [1.29, 1.82) is 0 Å². The van der Waals surface area contributed by atoms with Gasteiger partial charge in [0, 0.05) is 25.7 Å². The van der Waals surface area contributed by atoms with E-state index >= 15 is 0 Å². The molecular formula is C46H56N8O6. The van der Waals surface area contributed by atoms with Crippen molar-refractivity contribution >= 4 is 34.8 Å². The summed E-state index contributed by atoms with van der Waals surface area (Å²) in [5, 5.41) is 14.5. The first-order valence-electron chi connectivity index (χ1n) is 20.8. The Morgan fingerprint density at radius 2 is 1.22 bits per heavy atom. The fraction of sp³-hybridized carbons (Fsp3) is 0.435. The van der Waals surface area contributed by atoms with Gasteiger partial charge >= 0.3 is 12.2 Å². The van der Waals surface area contributed by atoms with Crippen LogP contribution in [0.1, 0.15) is 78.1 Å². The van der Waals surface area contributed by atoms with E-state index in [0.29, 0.717) is 18.9 Å². The molecular weight excluding hydrogens is 761 g/mol. The van der Waals surface area contributed by atoms with E-state index < -0.39 is 24.3 Å². The number of alkyl carbamates (subject to hydrolysis) is 1. The van der Waals surface area contributed by atoms with E-state index in [4.69, 9.17) is 14.7 Å². The molecule has 316 valence electrons. The topological polar surface area (TPSA) is 177 Å². The van der Waals surface area contributed by atoms with E-state index in [0.717, 1.165) is 68.0 Å². The Morgan fingerprint density at radius 1 is 0.733 bits per heavy atom. The predicted octanol–water partition coefficient (Wildman–Crippen LogP) is 8.12. The average molecular weight is 817 g/mol. The van der Waals surface area contributed by atoms with Crippen molar-refractivity contribution < 1.29 is 29.0 Å². The number of methoxy groups -OCH3 is 1. The third-order valence-corrected chi connectivity index (χ3v) is 12.1. The van der Waals surface area contributed by atoms with Crippen LogP contribution in [0, 0.1) is 23.7 Å². The molecule has 0 radical (unpaired) electrons. The van der Waals surface area contributed by atoms with Crippen molar-refractivity contribution in [2.45, 2.75) is 78.6 Å². The van der Waals surface area contributed by atoms with Gasteiger partial charge < -0.3 is 34.9 Å². The number of nitrogens with zero attached hydrogens (tertiary/aromatic N) is 5. The van der Waals surface area contributed by atoms with Crippen molar-refractivity contribution in [3.8, 4) is 33.6 Å². The molecule has 7 rings (SSSR count). The first-order chi connectivity index (χ1) is 28.6. The van der Waals surface area contributed by atoms with Crippen LogP contribution in [0.15, 0.2) is 73.1 Å². The number of amides is 4. The first-order valence-corrected chi connectivity index (χ1v) is 20.8. The van der Waals surface area contributed by atoms with Gasteiger partial charge in [0.15, 0.2) is 0 Å². The van der Waals surface area contributed by atoms with E-state index in [1.165, 1.54) is 14.2 Å². The highest BCUT2D eigenvalue weighted by Crippen LogP contribution is 2.38. The minimum Gasteiger partial charge on any atom is -0.465 e. The molecule has 2 saturated heterocycles. The molecule has 0 saturated carbocycles. The van der Waals surface area contributed by atoms with Gasteiger partial charge in [0.2, 0.25) is 11.8 Å². The fourth-order valence-corrected chi connectivity index (χ4v) is 8.90. The van der Waals surface area contributed by atoms with Crippen molar-refractivity contribution in [3.05, 3.63) is 84.7 Å². The summed E-state index contributed by atoms with van der Waals surface area (Å²) in [5.41, 5.74) is 5.81. The lowest BCUT2D eigenvalue weighted by atomic mass is 9.98. The van der Waals surface area contributed by atoms with Gasteiger partial charge in [-0.15, -0.1) is 0 Å². The molecule has 0 aliphatic carbocycles. The molecule has 60 heavy (non-hydrogen) atoms. The number of rotatable bonds is 11. The minimum absolute atomic E-state index is 0.117. The molecule has 14 heteroatoms. The number of likely N-dealkylation sites (N-methyl/N-ethyl adjacent to an activating group) is 1. The number of fused-ring (bicyclic) bond motifs is 1. The summed E-state index contributed by atoms with van der Waals surface area (Å²) in [7, 11) is 2.75. The molecule has 2 aromatic heterocycles. The Kier molecular flexibility index (Phi) is 12.0. The zero-order valence-corrected chi connectivity index (χ0v) is 35.6. The Balaban J connectivity index is 1.05. The zero-order chi connectivity index (χ0) is 43.0. The number of likely N-dealkylation sites (tertiary alicyclic amines) is 2. The number of nitrogens with one attached hydrogen (secondary N) is 3. The Bertz CT molecular complexity index is 2370. The van der Waals surface area contributed by atoms with Crippen LogP contribution in [0.2, 0.25) is 0 Å². The number of H-pyrrole nitrogens is 2. The molecule has 6 atom stereocenters. The molecule has 2 fully saturated rings. The molecule has 0 unspecified atom stereocenters. The first kappa shape index (κ1) is 42.0. The van der Waals surface area contributed by atoms with Crippen LogP contribution in [0.5, 0.6) is 0 Å². The van der Waals surface area contributed by atoms with E-state index in [1.54, 1.807) is 11.1 Å². The number of carbonyl (C=O) groups excluding carboxylic acids is 3. The summed E-state index contributed by atoms with van der Waals surface area (Å²) in [4.78, 5) is 72.5. The highest BCUT2D eigenvalue weighted by atomic mass is 16.5. The number of aromatic nitrogens is 4. The summed E-state index contributed by atoms with van der Waals surface area (Å²) in [6, 6.07) is 19.0. The molecule has 14 nitrogen and oxygen atoms in total. The van der Waals surface area contributed by atoms with Gasteiger partial charge in [0.25, 0.3) is 0 Å². The van der Waals surface area contributed by atoms with Crippen molar-refractivity contribution in [2.75, 3.05) is 27.2 Å². The van der Waals surface area contributed by atoms with Crippen molar-refractivity contribution in [3.63, 3.8) is 0 Å². The predicted molar refractivity (Wildman–Crippen MR) is 230 cm³/mol. The third-order valence-electron chi connectivity index (χ3n) is 12.1. The number of imidazole rings is 2. The standard InChI is InChI=1S/C46H56N8O6/c1-25(2)39(51-45(57)60-8)43(55)53-23-27(5)17-37(53)41-48-22-36(50-41)34-16-15-32-19-31(13-14-33(32)20-34)29-9-11-30(12-10-29)35-21-47-42(49-35)38-18-28(6)24-54(38)44(56)40(26(3)4)52(7)46(58)59/h9-16,19-22,25-28,37-40H,17-18,23-24H2,1-8H3,(H,47,49)(H,48,50)(H,51,57)(H,58,59)/t27-,28-,37-,38-,39-,40-/m0/s1. The summed E-state index contributed by atoms with van der Waals surface area (Å²) < 4.78 is 4.79. The lowest BCUT2D eigenvalue weighted by molar-refractivity contribution is -0.138. The maximum atomic E-state index is 13.8. The zero-order valence-electron chi connectivity index (χ0n) is 35.6. The number of hydrogen-bond acceptors (Lipinski definition) is 7. The summed E-state index contributed by atoms with van der Waals surface area (Å²) >= 11 is 0. The van der Waals surface area contributed by atoms with Crippen LogP contribution >= 0.6 is 0 Å². The monoisotopic (exact) mass is 816 g/mol. The summed E-state index contributed by atoms with van der Waals surface area (Å²) in [5.74, 6) is 1.31. The highest BCUT2D eigenvalue weighted by Gasteiger charge is 2.42. The number of carbonyl (C=O) groups is 4. The number of benzene rings is 3. The molecule has 4 amide bonds. The van der Waals surface area contributed by atoms with E-state index in [2.05, 4.69) is 89.8 Å². The normalized spacial score (nSPS) is 20.2. The molecule has 2 aliphatic rings. The van der Waals surface area contributed by atoms with Gasteiger partial charge in [-0.05, 0) is 76.1 Å². The van der Waals surface area contributed by atoms with Gasteiger partial charge in [-0.1, -0.05) is 90.1 Å². The van der Waals surface area contributed by atoms with Crippen LogP contribution < -0.4 is 5.32 Å². The van der Waals surface area contributed by atoms with Gasteiger partial charge in [0.05, 0.1) is 43.0 Å². The van der Waals surface area contributed by atoms with Crippen molar-refractivity contribution in [2.24, 2.45) is 23.7 Å². The molecule has 2 aliphatic heterocycles.